The first-order chi connectivity index (χ1) is 8.70. The summed E-state index contributed by atoms with van der Waals surface area (Å²) >= 11 is 12.2. The minimum atomic E-state index is -0.780. The van der Waals surface area contributed by atoms with Gasteiger partial charge in [0, 0.05) is 10.6 Å². The van der Waals surface area contributed by atoms with E-state index in [9.17, 15) is 0 Å². The van der Waals surface area contributed by atoms with E-state index >= 15 is 0 Å². The average molecular weight is 303 g/mol. The van der Waals surface area contributed by atoms with Gasteiger partial charge in [-0.1, -0.05) is 50.0 Å². The molecule has 1 aromatic rings. The van der Waals surface area contributed by atoms with Gasteiger partial charge in [-0.2, -0.15) is 0 Å². The number of halogens is 2. The van der Waals surface area contributed by atoms with Crippen LogP contribution in [0.2, 0.25) is 10.0 Å². The van der Waals surface area contributed by atoms with Crippen molar-refractivity contribution in [3.05, 3.63) is 33.8 Å². The van der Waals surface area contributed by atoms with Crippen molar-refractivity contribution in [2.45, 2.75) is 46.0 Å². The van der Waals surface area contributed by atoms with E-state index in [1.807, 2.05) is 13.0 Å². The summed E-state index contributed by atoms with van der Waals surface area (Å²) in [5, 5.41) is 1.19. The van der Waals surface area contributed by atoms with Crippen LogP contribution in [-0.4, -0.2) is 12.7 Å². The first kappa shape index (κ1) is 15.1. The second kappa shape index (κ2) is 5.25. The van der Waals surface area contributed by atoms with Crippen molar-refractivity contribution in [1.29, 1.82) is 0 Å². The third-order valence-corrected chi connectivity index (χ3v) is 3.74. The Balaban J connectivity index is 2.17. The number of hydrogen-bond donors (Lipinski definition) is 0. The van der Waals surface area contributed by atoms with Crippen molar-refractivity contribution in [2.24, 2.45) is 5.41 Å². The summed E-state index contributed by atoms with van der Waals surface area (Å²) in [6.45, 7) is 9.08. The molecule has 4 heteroatoms. The predicted octanol–water partition coefficient (Wildman–Crippen LogP) is 5.02. The second-order valence-electron chi connectivity index (χ2n) is 6.39. The van der Waals surface area contributed by atoms with Crippen molar-refractivity contribution < 1.29 is 9.47 Å². The van der Waals surface area contributed by atoms with Crippen LogP contribution in [0.15, 0.2) is 18.2 Å². The van der Waals surface area contributed by atoms with Gasteiger partial charge in [0.25, 0.3) is 0 Å². The molecule has 0 aromatic heterocycles. The van der Waals surface area contributed by atoms with Gasteiger partial charge in [0.05, 0.1) is 17.7 Å². The van der Waals surface area contributed by atoms with Crippen molar-refractivity contribution in [3.8, 4) is 0 Å². The van der Waals surface area contributed by atoms with E-state index < -0.39 is 5.79 Å². The lowest BCUT2D eigenvalue weighted by Crippen LogP contribution is -2.26. The summed E-state index contributed by atoms with van der Waals surface area (Å²) in [6, 6.07) is 5.38. The molecule has 0 amide bonds. The zero-order valence-electron chi connectivity index (χ0n) is 11.8. The number of ether oxygens (including phenoxy) is 2. The summed E-state index contributed by atoms with van der Waals surface area (Å²) in [5.41, 5.74) is 1.04. The first-order valence-electron chi connectivity index (χ1n) is 6.47. The Morgan fingerprint density at radius 1 is 1.32 bits per heavy atom. The zero-order valence-corrected chi connectivity index (χ0v) is 13.3. The maximum Gasteiger partial charge on any atom is 0.193 e. The normalized spacial score (nSPS) is 27.8. The van der Waals surface area contributed by atoms with Gasteiger partial charge in [-0.3, -0.25) is 0 Å². The van der Waals surface area contributed by atoms with E-state index in [1.54, 1.807) is 12.1 Å². The van der Waals surface area contributed by atoms with Crippen LogP contribution < -0.4 is 0 Å². The molecule has 1 aliphatic rings. The molecule has 2 atom stereocenters. The highest BCUT2D eigenvalue weighted by Gasteiger charge is 2.41. The van der Waals surface area contributed by atoms with Gasteiger partial charge in [0.1, 0.15) is 0 Å². The Morgan fingerprint density at radius 3 is 2.58 bits per heavy atom. The van der Waals surface area contributed by atoms with Crippen molar-refractivity contribution in [2.75, 3.05) is 6.61 Å². The van der Waals surface area contributed by atoms with Gasteiger partial charge in [0.2, 0.25) is 0 Å². The van der Waals surface area contributed by atoms with E-state index in [1.165, 1.54) is 0 Å². The number of rotatable bonds is 2. The predicted molar refractivity (Wildman–Crippen MR) is 78.7 cm³/mol. The molecule has 2 rings (SSSR count). The summed E-state index contributed by atoms with van der Waals surface area (Å²) in [7, 11) is 0. The van der Waals surface area contributed by atoms with Gasteiger partial charge >= 0.3 is 0 Å². The first-order valence-corrected chi connectivity index (χ1v) is 7.22. The molecule has 2 nitrogen and oxygen atoms in total. The zero-order chi connectivity index (χ0) is 14.3. The Bertz CT molecular complexity index is 468. The highest BCUT2D eigenvalue weighted by atomic mass is 35.5. The summed E-state index contributed by atoms with van der Waals surface area (Å²) < 4.78 is 11.9. The van der Waals surface area contributed by atoms with Gasteiger partial charge in [0.15, 0.2) is 5.79 Å². The molecule has 1 aromatic carbocycles. The topological polar surface area (TPSA) is 18.5 Å². The Kier molecular flexibility index (Phi) is 4.18. The van der Waals surface area contributed by atoms with E-state index in [4.69, 9.17) is 32.7 Å². The Morgan fingerprint density at radius 2 is 2.00 bits per heavy atom. The van der Waals surface area contributed by atoms with Gasteiger partial charge in [-0.25, -0.2) is 0 Å². The minimum absolute atomic E-state index is 0.0942. The van der Waals surface area contributed by atoms with Crippen LogP contribution in [0.4, 0.5) is 0 Å². The quantitative estimate of drug-likeness (QED) is 0.764. The molecular formula is C15H20Cl2O2. The standard InChI is InChI=1S/C15H20Cl2O2/c1-14(2,3)8-11-9-18-15(4,19-11)12-6-5-10(16)7-13(12)17/h5-7,11H,8-9H2,1-4H3. The van der Waals surface area contributed by atoms with Crippen molar-refractivity contribution >= 4 is 23.2 Å². The SMILES string of the molecule is CC(C)(C)CC1COC(C)(c2ccc(Cl)cc2Cl)O1. The molecule has 19 heavy (non-hydrogen) atoms. The van der Waals surface area contributed by atoms with Crippen LogP contribution in [0.1, 0.15) is 39.7 Å². The highest BCUT2D eigenvalue weighted by molar-refractivity contribution is 6.35. The molecule has 0 saturated carbocycles. The minimum Gasteiger partial charge on any atom is -0.343 e. The van der Waals surface area contributed by atoms with E-state index in [-0.39, 0.29) is 11.5 Å². The van der Waals surface area contributed by atoms with Crippen LogP contribution in [0.3, 0.4) is 0 Å². The fourth-order valence-electron chi connectivity index (χ4n) is 2.42. The smallest absolute Gasteiger partial charge is 0.193 e. The van der Waals surface area contributed by atoms with Crippen LogP contribution in [0, 0.1) is 5.41 Å². The fourth-order valence-corrected chi connectivity index (χ4v) is 3.00. The lowest BCUT2D eigenvalue weighted by molar-refractivity contribution is -0.164. The Hall–Kier alpha value is -0.280. The van der Waals surface area contributed by atoms with Crippen LogP contribution in [0.5, 0.6) is 0 Å². The van der Waals surface area contributed by atoms with E-state index in [0.717, 1.165) is 12.0 Å². The van der Waals surface area contributed by atoms with Crippen LogP contribution in [-0.2, 0) is 15.3 Å². The number of benzene rings is 1. The van der Waals surface area contributed by atoms with Crippen molar-refractivity contribution in [3.63, 3.8) is 0 Å². The largest absolute Gasteiger partial charge is 0.343 e. The lowest BCUT2D eigenvalue weighted by atomic mass is 9.89. The van der Waals surface area contributed by atoms with Gasteiger partial charge < -0.3 is 9.47 Å². The summed E-state index contributed by atoms with van der Waals surface area (Å²) in [6.07, 6.45) is 1.05. The maximum atomic E-state index is 6.24. The highest BCUT2D eigenvalue weighted by Crippen LogP contribution is 2.40. The third kappa shape index (κ3) is 3.63. The van der Waals surface area contributed by atoms with Gasteiger partial charge in [-0.05, 0) is 30.9 Å². The molecule has 0 radical (unpaired) electrons. The third-order valence-electron chi connectivity index (χ3n) is 3.20. The molecule has 0 bridgehead atoms. The van der Waals surface area contributed by atoms with Crippen LogP contribution >= 0.6 is 23.2 Å². The van der Waals surface area contributed by atoms with E-state index in [2.05, 4.69) is 20.8 Å². The molecule has 0 N–H and O–H groups in total. The molecular weight excluding hydrogens is 283 g/mol. The number of hydrogen-bond acceptors (Lipinski definition) is 2. The molecule has 2 unspecified atom stereocenters. The van der Waals surface area contributed by atoms with Gasteiger partial charge in [-0.15, -0.1) is 0 Å². The average Bonchev–Trinajstić information content (AvgIpc) is 2.57. The fraction of sp³-hybridized carbons (Fsp3) is 0.600. The van der Waals surface area contributed by atoms with Crippen LogP contribution in [0.25, 0.3) is 0 Å². The molecule has 0 aliphatic carbocycles. The molecule has 1 aliphatic heterocycles. The molecule has 1 saturated heterocycles. The monoisotopic (exact) mass is 302 g/mol. The second-order valence-corrected chi connectivity index (χ2v) is 7.23. The summed E-state index contributed by atoms with van der Waals surface area (Å²) in [4.78, 5) is 0. The maximum absolute atomic E-state index is 6.24. The summed E-state index contributed by atoms with van der Waals surface area (Å²) in [5.74, 6) is -0.780. The lowest BCUT2D eigenvalue weighted by Gasteiger charge is -2.27. The molecule has 106 valence electrons. The Labute approximate surface area is 125 Å². The van der Waals surface area contributed by atoms with Crippen molar-refractivity contribution in [1.82, 2.24) is 0 Å². The molecule has 0 spiro atoms. The van der Waals surface area contributed by atoms with E-state index in [0.29, 0.717) is 16.7 Å². The molecule has 1 fully saturated rings. The molecule has 1 heterocycles.